The molecule has 0 aliphatic carbocycles. The van der Waals surface area contributed by atoms with E-state index < -0.39 is 14.9 Å². The summed E-state index contributed by atoms with van der Waals surface area (Å²) in [5, 5.41) is 10.6. The fourth-order valence-corrected chi connectivity index (χ4v) is 2.83. The van der Waals surface area contributed by atoms with Crippen molar-refractivity contribution in [2.24, 2.45) is 0 Å². The molecular weight excluding hydrogens is 344 g/mol. The van der Waals surface area contributed by atoms with Gasteiger partial charge in [-0.2, -0.15) is 4.72 Å². The number of nitro benzene ring substituents is 1. The number of nitrogens with one attached hydrogen (secondary N) is 1. The monoisotopic (exact) mass is 360 g/mol. The van der Waals surface area contributed by atoms with Crippen molar-refractivity contribution in [3.05, 3.63) is 64.2 Å². The molecule has 0 radical (unpaired) electrons. The molecule has 0 aromatic heterocycles. The van der Waals surface area contributed by atoms with Crippen LogP contribution >= 0.6 is 0 Å². The second kappa shape index (κ2) is 8.28. The predicted molar refractivity (Wildman–Crippen MR) is 92.7 cm³/mol. The van der Waals surface area contributed by atoms with E-state index >= 15 is 0 Å². The average Bonchev–Trinajstić information content (AvgIpc) is 2.59. The van der Waals surface area contributed by atoms with Gasteiger partial charge in [-0.15, -0.1) is 0 Å². The van der Waals surface area contributed by atoms with Crippen molar-refractivity contribution in [1.29, 1.82) is 0 Å². The van der Waals surface area contributed by atoms with Gasteiger partial charge in [-0.1, -0.05) is 30.0 Å². The second-order valence-corrected chi connectivity index (χ2v) is 6.75. The summed E-state index contributed by atoms with van der Waals surface area (Å²) in [5.41, 5.74) is 0.815. The van der Waals surface area contributed by atoms with E-state index in [1.54, 1.807) is 0 Å². The average molecular weight is 360 g/mol. The molecule has 0 saturated heterocycles. The van der Waals surface area contributed by atoms with Crippen LogP contribution in [0.15, 0.2) is 53.4 Å². The minimum Gasteiger partial charge on any atom is -0.481 e. The topological polar surface area (TPSA) is 98.5 Å². The number of hydrogen-bond donors (Lipinski definition) is 1. The van der Waals surface area contributed by atoms with E-state index in [0.29, 0.717) is 0 Å². The van der Waals surface area contributed by atoms with Crippen LogP contribution in [-0.2, 0) is 10.0 Å². The molecule has 0 heterocycles. The first-order valence-corrected chi connectivity index (χ1v) is 8.77. The van der Waals surface area contributed by atoms with Gasteiger partial charge >= 0.3 is 0 Å². The lowest BCUT2D eigenvalue weighted by Crippen LogP contribution is -2.24. The van der Waals surface area contributed by atoms with Crippen molar-refractivity contribution in [3.8, 4) is 17.6 Å². The largest absolute Gasteiger partial charge is 0.481 e. The predicted octanol–water partition coefficient (Wildman–Crippen LogP) is 2.26. The maximum Gasteiger partial charge on any atom is 0.269 e. The van der Waals surface area contributed by atoms with Gasteiger partial charge in [0.2, 0.25) is 10.0 Å². The highest BCUT2D eigenvalue weighted by Gasteiger charge is 2.14. The van der Waals surface area contributed by atoms with Crippen molar-refractivity contribution in [3.63, 3.8) is 0 Å². The Morgan fingerprint density at radius 1 is 1.12 bits per heavy atom. The summed E-state index contributed by atoms with van der Waals surface area (Å²) in [6, 6.07) is 12.1. The Morgan fingerprint density at radius 2 is 1.80 bits per heavy atom. The minimum atomic E-state index is -3.76. The van der Waals surface area contributed by atoms with Gasteiger partial charge in [0.15, 0.2) is 0 Å². The van der Waals surface area contributed by atoms with Crippen LogP contribution in [0.1, 0.15) is 5.56 Å². The van der Waals surface area contributed by atoms with Crippen molar-refractivity contribution in [2.75, 3.05) is 13.2 Å². The Bertz CT molecular complexity index is 912. The van der Waals surface area contributed by atoms with E-state index in [1.807, 2.05) is 31.2 Å². The Labute approximate surface area is 145 Å². The van der Waals surface area contributed by atoms with Crippen molar-refractivity contribution < 1.29 is 18.1 Å². The van der Waals surface area contributed by atoms with Crippen molar-refractivity contribution in [2.45, 2.75) is 11.8 Å². The van der Waals surface area contributed by atoms with Crippen LogP contribution in [0.3, 0.4) is 0 Å². The fourth-order valence-electron chi connectivity index (χ4n) is 1.91. The van der Waals surface area contributed by atoms with Crippen molar-refractivity contribution in [1.82, 2.24) is 4.72 Å². The second-order valence-electron chi connectivity index (χ2n) is 4.98. The zero-order valence-corrected chi connectivity index (χ0v) is 14.2. The molecule has 2 aromatic rings. The number of aryl methyl sites for hydroxylation is 1. The molecule has 0 spiro atoms. The SMILES string of the molecule is Cc1ccccc1OCC#CCNS(=O)(=O)c1ccc([N+](=O)[O-])cc1. The quantitative estimate of drug-likeness (QED) is 0.484. The third-order valence-corrected chi connectivity index (χ3v) is 4.64. The molecule has 0 aliphatic heterocycles. The summed E-state index contributed by atoms with van der Waals surface area (Å²) in [4.78, 5) is 9.92. The molecule has 0 amide bonds. The van der Waals surface area contributed by atoms with Gasteiger partial charge in [0.1, 0.15) is 12.4 Å². The molecule has 0 saturated carbocycles. The summed E-state index contributed by atoms with van der Waals surface area (Å²) >= 11 is 0. The summed E-state index contributed by atoms with van der Waals surface area (Å²) in [6.45, 7) is 1.97. The summed E-state index contributed by atoms with van der Waals surface area (Å²) < 4.78 is 31.8. The number of nitrogens with zero attached hydrogens (tertiary/aromatic N) is 1. The maximum atomic E-state index is 12.0. The number of rotatable bonds is 6. The number of ether oxygens (including phenoxy) is 1. The first-order valence-electron chi connectivity index (χ1n) is 7.28. The summed E-state index contributed by atoms with van der Waals surface area (Å²) in [7, 11) is -3.76. The third kappa shape index (κ3) is 5.31. The molecule has 1 N–H and O–H groups in total. The fraction of sp³-hybridized carbons (Fsp3) is 0.176. The lowest BCUT2D eigenvalue weighted by molar-refractivity contribution is -0.384. The molecule has 0 aliphatic rings. The smallest absolute Gasteiger partial charge is 0.269 e. The van der Waals surface area contributed by atoms with Crippen LogP contribution in [0.4, 0.5) is 5.69 Å². The zero-order valence-electron chi connectivity index (χ0n) is 13.4. The third-order valence-electron chi connectivity index (χ3n) is 3.23. The number of non-ortho nitro benzene ring substituents is 1. The maximum absolute atomic E-state index is 12.0. The standard InChI is InChI=1S/C17H16N2O5S/c1-14-6-2-3-7-17(14)24-13-5-4-12-18-25(22,23)16-10-8-15(9-11-16)19(20)21/h2-3,6-11,18H,12-13H2,1H3. The summed E-state index contributed by atoms with van der Waals surface area (Å²) in [6.07, 6.45) is 0. The van der Waals surface area contributed by atoms with Gasteiger partial charge < -0.3 is 4.74 Å². The Morgan fingerprint density at radius 3 is 2.44 bits per heavy atom. The minimum absolute atomic E-state index is 0.0592. The number of para-hydroxylation sites is 1. The van der Waals surface area contributed by atoms with Gasteiger partial charge in [0.25, 0.3) is 5.69 Å². The number of nitro groups is 1. The van der Waals surface area contributed by atoms with E-state index in [2.05, 4.69) is 16.6 Å². The van der Waals surface area contributed by atoms with Gasteiger partial charge in [0.05, 0.1) is 16.4 Å². The van der Waals surface area contributed by atoms with Gasteiger partial charge in [-0.3, -0.25) is 10.1 Å². The first-order chi connectivity index (χ1) is 11.9. The molecule has 0 atom stereocenters. The van der Waals surface area contributed by atoms with E-state index in [0.717, 1.165) is 23.4 Å². The summed E-state index contributed by atoms with van der Waals surface area (Å²) in [5.74, 6) is 6.10. The molecule has 2 aromatic carbocycles. The normalized spacial score (nSPS) is 10.6. The Balaban J connectivity index is 1.86. The Hall–Kier alpha value is -2.89. The van der Waals surface area contributed by atoms with Crippen LogP contribution in [0, 0.1) is 28.9 Å². The van der Waals surface area contributed by atoms with Gasteiger partial charge in [-0.25, -0.2) is 8.42 Å². The molecule has 8 heteroatoms. The molecule has 130 valence electrons. The van der Waals surface area contributed by atoms with Crippen LogP contribution in [0.25, 0.3) is 0 Å². The van der Waals surface area contributed by atoms with E-state index in [1.165, 1.54) is 12.1 Å². The molecule has 0 unspecified atom stereocenters. The van der Waals surface area contributed by atoms with E-state index in [-0.39, 0.29) is 23.7 Å². The highest BCUT2D eigenvalue weighted by Crippen LogP contribution is 2.16. The lowest BCUT2D eigenvalue weighted by Gasteiger charge is -2.05. The molecule has 0 bridgehead atoms. The highest BCUT2D eigenvalue weighted by molar-refractivity contribution is 7.89. The molecule has 25 heavy (non-hydrogen) atoms. The highest BCUT2D eigenvalue weighted by atomic mass is 32.2. The molecule has 7 nitrogen and oxygen atoms in total. The van der Waals surface area contributed by atoms with Gasteiger partial charge in [0, 0.05) is 12.1 Å². The van der Waals surface area contributed by atoms with Gasteiger partial charge in [-0.05, 0) is 30.7 Å². The lowest BCUT2D eigenvalue weighted by atomic mass is 10.2. The van der Waals surface area contributed by atoms with Crippen LogP contribution in [0.2, 0.25) is 0 Å². The van der Waals surface area contributed by atoms with E-state index in [4.69, 9.17) is 4.74 Å². The van der Waals surface area contributed by atoms with Crippen LogP contribution in [0.5, 0.6) is 5.75 Å². The first kappa shape index (κ1) is 18.4. The van der Waals surface area contributed by atoms with Crippen LogP contribution < -0.4 is 9.46 Å². The molecule has 0 fully saturated rings. The molecular formula is C17H16N2O5S. The Kier molecular flexibility index (Phi) is 6.11. The number of sulfonamides is 1. The van der Waals surface area contributed by atoms with Crippen molar-refractivity contribution >= 4 is 15.7 Å². The zero-order chi connectivity index (χ0) is 18.3. The van der Waals surface area contributed by atoms with Crippen LogP contribution in [-0.4, -0.2) is 26.5 Å². The number of hydrogen-bond acceptors (Lipinski definition) is 5. The van der Waals surface area contributed by atoms with E-state index in [9.17, 15) is 18.5 Å². The molecule has 2 rings (SSSR count). The number of benzene rings is 2.